The van der Waals surface area contributed by atoms with Crippen molar-refractivity contribution in [3.05, 3.63) is 60.4 Å². The summed E-state index contributed by atoms with van der Waals surface area (Å²) in [6.07, 6.45) is 4.75. The van der Waals surface area contributed by atoms with Crippen molar-refractivity contribution in [1.82, 2.24) is 9.97 Å². The maximum atomic E-state index is 11.4. The molecule has 0 spiro atoms. The third-order valence-corrected chi connectivity index (χ3v) is 3.46. The summed E-state index contributed by atoms with van der Waals surface area (Å²) in [4.78, 5) is 18.7. The van der Waals surface area contributed by atoms with Crippen LogP contribution < -0.4 is 5.32 Å². The number of aromatic nitrogens is 2. The number of carbonyl (C=O) groups is 1. The normalized spacial score (nSPS) is 10.5. The quantitative estimate of drug-likeness (QED) is 0.718. The van der Waals surface area contributed by atoms with Crippen LogP contribution >= 0.6 is 11.6 Å². The number of hydrogen-bond acceptors (Lipinski definition) is 2. The molecule has 3 aromatic rings. The summed E-state index contributed by atoms with van der Waals surface area (Å²) in [7, 11) is 0. The first-order valence-electron chi connectivity index (χ1n) is 6.34. The Balaban J connectivity index is 2.09. The number of carbonyl (C=O) groups excluding carboxylic acids is 1. The van der Waals surface area contributed by atoms with Gasteiger partial charge in [-0.1, -0.05) is 30.3 Å². The minimum Gasteiger partial charge on any atom is -0.345 e. The van der Waals surface area contributed by atoms with Crippen molar-refractivity contribution in [2.75, 3.05) is 5.32 Å². The van der Waals surface area contributed by atoms with Crippen molar-refractivity contribution < 1.29 is 4.79 Å². The molecule has 1 amide bonds. The number of H-pyrrole nitrogens is 1. The van der Waals surface area contributed by atoms with Gasteiger partial charge in [0, 0.05) is 29.0 Å². The zero-order valence-electron chi connectivity index (χ0n) is 11.1. The fraction of sp³-hybridized carbons (Fsp3) is 0. The molecule has 0 aliphatic carbocycles. The molecule has 0 radical (unpaired) electrons. The number of halogens is 1. The SMILES string of the molecule is C=CC(=O)Nc1cccc(-c2c[nH]c3nccc(Cl)c23)c1. The van der Waals surface area contributed by atoms with Crippen LogP contribution in [0.15, 0.2) is 55.4 Å². The zero-order valence-corrected chi connectivity index (χ0v) is 11.8. The summed E-state index contributed by atoms with van der Waals surface area (Å²) < 4.78 is 0. The van der Waals surface area contributed by atoms with Gasteiger partial charge in [-0.3, -0.25) is 4.79 Å². The largest absolute Gasteiger partial charge is 0.345 e. The number of aromatic amines is 1. The molecule has 0 fully saturated rings. The van der Waals surface area contributed by atoms with Gasteiger partial charge in [-0.15, -0.1) is 0 Å². The Morgan fingerprint density at radius 3 is 3.05 bits per heavy atom. The summed E-state index contributed by atoms with van der Waals surface area (Å²) in [6, 6.07) is 9.28. The number of nitrogens with one attached hydrogen (secondary N) is 2. The van der Waals surface area contributed by atoms with Gasteiger partial charge in [0.05, 0.1) is 5.02 Å². The van der Waals surface area contributed by atoms with Crippen molar-refractivity contribution in [2.45, 2.75) is 0 Å². The van der Waals surface area contributed by atoms with Crippen LogP contribution in [0.4, 0.5) is 5.69 Å². The van der Waals surface area contributed by atoms with E-state index in [0.29, 0.717) is 10.7 Å². The number of fused-ring (bicyclic) bond motifs is 1. The van der Waals surface area contributed by atoms with Crippen molar-refractivity contribution in [2.24, 2.45) is 0 Å². The average Bonchev–Trinajstić information content (AvgIpc) is 2.93. The van der Waals surface area contributed by atoms with Crippen LogP contribution in [0.1, 0.15) is 0 Å². The Morgan fingerprint density at radius 2 is 2.24 bits per heavy atom. The molecule has 104 valence electrons. The van der Waals surface area contributed by atoms with E-state index in [4.69, 9.17) is 11.6 Å². The molecule has 3 rings (SSSR count). The molecule has 5 heteroatoms. The second-order valence-electron chi connectivity index (χ2n) is 4.49. The third kappa shape index (κ3) is 2.53. The Hall–Kier alpha value is -2.59. The molecule has 0 unspecified atom stereocenters. The number of nitrogens with zero attached hydrogens (tertiary/aromatic N) is 1. The van der Waals surface area contributed by atoms with E-state index in [9.17, 15) is 4.79 Å². The highest BCUT2D eigenvalue weighted by atomic mass is 35.5. The predicted molar refractivity (Wildman–Crippen MR) is 85.4 cm³/mol. The van der Waals surface area contributed by atoms with Crippen LogP contribution in [0, 0.1) is 0 Å². The summed E-state index contributed by atoms with van der Waals surface area (Å²) in [5.41, 5.74) is 3.32. The molecule has 0 atom stereocenters. The Bertz CT molecular complexity index is 838. The van der Waals surface area contributed by atoms with Gasteiger partial charge >= 0.3 is 0 Å². The Labute approximate surface area is 126 Å². The molecular formula is C16H12ClN3O. The molecule has 0 bridgehead atoms. The fourth-order valence-corrected chi connectivity index (χ4v) is 2.45. The highest BCUT2D eigenvalue weighted by molar-refractivity contribution is 6.36. The number of benzene rings is 1. The number of amides is 1. The van der Waals surface area contributed by atoms with Crippen LogP contribution in [0.25, 0.3) is 22.2 Å². The van der Waals surface area contributed by atoms with E-state index in [1.807, 2.05) is 30.5 Å². The smallest absolute Gasteiger partial charge is 0.247 e. The molecule has 21 heavy (non-hydrogen) atoms. The lowest BCUT2D eigenvalue weighted by Crippen LogP contribution is -2.06. The number of anilines is 1. The van der Waals surface area contributed by atoms with Crippen LogP contribution in [-0.4, -0.2) is 15.9 Å². The minimum absolute atomic E-state index is 0.245. The monoisotopic (exact) mass is 297 g/mol. The van der Waals surface area contributed by atoms with Gasteiger partial charge in [0.1, 0.15) is 5.65 Å². The molecule has 4 nitrogen and oxygen atoms in total. The molecule has 2 heterocycles. The molecule has 2 aromatic heterocycles. The predicted octanol–water partition coefficient (Wildman–Crippen LogP) is 4.01. The lowest BCUT2D eigenvalue weighted by molar-refractivity contribution is -0.111. The van der Waals surface area contributed by atoms with Crippen LogP contribution in [0.5, 0.6) is 0 Å². The minimum atomic E-state index is -0.245. The fourth-order valence-electron chi connectivity index (χ4n) is 2.20. The van der Waals surface area contributed by atoms with E-state index >= 15 is 0 Å². The highest BCUT2D eigenvalue weighted by Crippen LogP contribution is 2.33. The van der Waals surface area contributed by atoms with E-state index < -0.39 is 0 Å². The van der Waals surface area contributed by atoms with Crippen molar-refractivity contribution in [3.8, 4) is 11.1 Å². The third-order valence-electron chi connectivity index (χ3n) is 3.15. The van der Waals surface area contributed by atoms with E-state index in [2.05, 4.69) is 21.9 Å². The molecule has 0 aliphatic heterocycles. The average molecular weight is 298 g/mol. The lowest BCUT2D eigenvalue weighted by atomic mass is 10.1. The molecule has 0 saturated carbocycles. The van der Waals surface area contributed by atoms with Gasteiger partial charge in [0.15, 0.2) is 0 Å². The molecule has 0 saturated heterocycles. The van der Waals surface area contributed by atoms with Crippen molar-refractivity contribution in [1.29, 1.82) is 0 Å². The van der Waals surface area contributed by atoms with Crippen LogP contribution in [0.2, 0.25) is 5.02 Å². The summed E-state index contributed by atoms with van der Waals surface area (Å²) in [5, 5.41) is 4.24. The first kappa shape index (κ1) is 13.4. The summed E-state index contributed by atoms with van der Waals surface area (Å²) in [6.45, 7) is 3.44. The molecular weight excluding hydrogens is 286 g/mol. The summed E-state index contributed by atoms with van der Waals surface area (Å²) >= 11 is 6.26. The number of pyridine rings is 1. The van der Waals surface area contributed by atoms with Gasteiger partial charge in [-0.05, 0) is 29.8 Å². The lowest BCUT2D eigenvalue weighted by Gasteiger charge is -2.05. The molecule has 0 aliphatic rings. The summed E-state index contributed by atoms with van der Waals surface area (Å²) in [5.74, 6) is -0.245. The number of hydrogen-bond donors (Lipinski definition) is 2. The van der Waals surface area contributed by atoms with Crippen molar-refractivity contribution >= 4 is 34.2 Å². The second-order valence-corrected chi connectivity index (χ2v) is 4.90. The Morgan fingerprint density at radius 1 is 1.38 bits per heavy atom. The van der Waals surface area contributed by atoms with E-state index in [-0.39, 0.29) is 5.91 Å². The molecule has 1 aromatic carbocycles. The topological polar surface area (TPSA) is 57.8 Å². The number of rotatable bonds is 3. The second kappa shape index (κ2) is 5.42. The van der Waals surface area contributed by atoms with Crippen LogP contribution in [0.3, 0.4) is 0 Å². The first-order valence-corrected chi connectivity index (χ1v) is 6.72. The van der Waals surface area contributed by atoms with E-state index in [1.165, 1.54) is 6.08 Å². The van der Waals surface area contributed by atoms with Gasteiger partial charge in [0.2, 0.25) is 5.91 Å². The van der Waals surface area contributed by atoms with Gasteiger partial charge < -0.3 is 10.3 Å². The maximum Gasteiger partial charge on any atom is 0.247 e. The van der Waals surface area contributed by atoms with E-state index in [0.717, 1.165) is 22.2 Å². The Kier molecular flexibility index (Phi) is 3.46. The first-order chi connectivity index (χ1) is 10.2. The van der Waals surface area contributed by atoms with Gasteiger partial charge in [-0.2, -0.15) is 0 Å². The molecule has 2 N–H and O–H groups in total. The zero-order chi connectivity index (χ0) is 14.8. The standard InChI is InChI=1S/C16H12ClN3O/c1-2-14(21)20-11-5-3-4-10(8-11)12-9-19-16-15(12)13(17)6-7-18-16/h2-9H,1H2,(H,18,19)(H,20,21). The maximum absolute atomic E-state index is 11.4. The van der Waals surface area contributed by atoms with Crippen molar-refractivity contribution in [3.63, 3.8) is 0 Å². The van der Waals surface area contributed by atoms with Gasteiger partial charge in [-0.25, -0.2) is 4.98 Å². The highest BCUT2D eigenvalue weighted by Gasteiger charge is 2.10. The van der Waals surface area contributed by atoms with Crippen LogP contribution in [-0.2, 0) is 4.79 Å². The van der Waals surface area contributed by atoms with E-state index in [1.54, 1.807) is 12.3 Å². The van der Waals surface area contributed by atoms with Gasteiger partial charge in [0.25, 0.3) is 0 Å².